The number of aliphatic hydroxyl groups is 1. The molecule has 4 heteroatoms. The fourth-order valence-corrected chi connectivity index (χ4v) is 2.47. The maximum Gasteiger partial charge on any atom is 0.230 e. The minimum Gasteiger partial charge on any atom is -0.391 e. The zero-order valence-electron chi connectivity index (χ0n) is 11.7. The van der Waals surface area contributed by atoms with Crippen LogP contribution in [0.15, 0.2) is 0 Å². The molecule has 17 heavy (non-hydrogen) atoms. The van der Waals surface area contributed by atoms with E-state index in [0.717, 1.165) is 26.2 Å². The number of nitrogens with zero attached hydrogens (tertiary/aromatic N) is 1. The van der Waals surface area contributed by atoms with Crippen molar-refractivity contribution in [2.24, 2.45) is 10.8 Å². The number of piperazine rings is 1. The van der Waals surface area contributed by atoms with Gasteiger partial charge in [-0.25, -0.2) is 0 Å². The maximum absolute atomic E-state index is 12.4. The molecule has 0 saturated carbocycles. The van der Waals surface area contributed by atoms with E-state index in [1.807, 2.05) is 39.5 Å². The lowest BCUT2D eigenvalue weighted by molar-refractivity contribution is -0.152. The molecule has 1 heterocycles. The van der Waals surface area contributed by atoms with Crippen molar-refractivity contribution in [3.05, 3.63) is 0 Å². The van der Waals surface area contributed by atoms with Gasteiger partial charge in [-0.1, -0.05) is 20.8 Å². The minimum atomic E-state index is -0.727. The van der Waals surface area contributed by atoms with Crippen molar-refractivity contribution in [2.75, 3.05) is 26.2 Å². The summed E-state index contributed by atoms with van der Waals surface area (Å²) >= 11 is 0. The number of carbonyl (C=O) groups is 1. The fourth-order valence-electron chi connectivity index (χ4n) is 2.47. The average Bonchev–Trinajstić information content (AvgIpc) is 2.27. The summed E-state index contributed by atoms with van der Waals surface area (Å²) in [6.07, 6.45) is -0.641. The number of nitrogens with one attached hydrogen (secondary N) is 1. The van der Waals surface area contributed by atoms with Gasteiger partial charge in [0.2, 0.25) is 5.91 Å². The number of hydrogen-bond donors (Lipinski definition) is 2. The van der Waals surface area contributed by atoms with Crippen LogP contribution in [0.4, 0.5) is 0 Å². The SMILES string of the molecule is CC(C)(C)C(O)C(C)(C)C(=O)N1CCNCC1. The number of carbonyl (C=O) groups excluding carboxylic acids is 1. The molecule has 0 spiro atoms. The van der Waals surface area contributed by atoms with Crippen molar-refractivity contribution in [3.8, 4) is 0 Å². The zero-order valence-corrected chi connectivity index (χ0v) is 11.7. The third-order valence-corrected chi connectivity index (χ3v) is 3.46. The molecule has 1 rings (SSSR count). The van der Waals surface area contributed by atoms with E-state index in [1.165, 1.54) is 0 Å². The summed E-state index contributed by atoms with van der Waals surface area (Å²) in [6, 6.07) is 0. The van der Waals surface area contributed by atoms with Crippen LogP contribution in [-0.4, -0.2) is 48.2 Å². The van der Waals surface area contributed by atoms with Gasteiger partial charge in [-0.2, -0.15) is 0 Å². The maximum atomic E-state index is 12.4. The molecule has 0 aromatic carbocycles. The first-order valence-electron chi connectivity index (χ1n) is 6.35. The Kier molecular flexibility index (Phi) is 4.20. The molecule has 1 atom stereocenters. The molecule has 0 aromatic rings. The van der Waals surface area contributed by atoms with Gasteiger partial charge in [-0.05, 0) is 19.3 Å². The number of rotatable bonds is 2. The van der Waals surface area contributed by atoms with E-state index in [0.29, 0.717) is 0 Å². The Morgan fingerprint density at radius 1 is 1.18 bits per heavy atom. The zero-order chi connectivity index (χ0) is 13.3. The van der Waals surface area contributed by atoms with Gasteiger partial charge in [0.05, 0.1) is 11.5 Å². The van der Waals surface area contributed by atoms with Crippen molar-refractivity contribution in [1.82, 2.24) is 10.2 Å². The van der Waals surface area contributed by atoms with E-state index in [2.05, 4.69) is 5.32 Å². The summed E-state index contributed by atoms with van der Waals surface area (Å²) in [5.41, 5.74) is -1.01. The van der Waals surface area contributed by atoms with E-state index in [4.69, 9.17) is 0 Å². The van der Waals surface area contributed by atoms with Crippen molar-refractivity contribution in [3.63, 3.8) is 0 Å². The molecule has 1 aliphatic heterocycles. The summed E-state index contributed by atoms with van der Waals surface area (Å²) < 4.78 is 0. The molecule has 100 valence electrons. The van der Waals surface area contributed by atoms with Crippen LogP contribution in [0.5, 0.6) is 0 Å². The van der Waals surface area contributed by atoms with Crippen LogP contribution in [0.25, 0.3) is 0 Å². The normalized spacial score (nSPS) is 20.2. The number of aliphatic hydroxyl groups excluding tert-OH is 1. The number of hydrogen-bond acceptors (Lipinski definition) is 3. The van der Waals surface area contributed by atoms with Crippen LogP contribution in [0.2, 0.25) is 0 Å². The summed E-state index contributed by atoms with van der Waals surface area (Å²) in [7, 11) is 0. The second kappa shape index (κ2) is 4.94. The predicted octanol–water partition coefficient (Wildman–Crippen LogP) is 0.851. The lowest BCUT2D eigenvalue weighted by Gasteiger charge is -2.41. The molecule has 1 fully saturated rings. The Labute approximate surface area is 104 Å². The highest BCUT2D eigenvalue weighted by Crippen LogP contribution is 2.35. The van der Waals surface area contributed by atoms with Crippen LogP contribution in [0, 0.1) is 10.8 Å². The van der Waals surface area contributed by atoms with E-state index >= 15 is 0 Å². The second-order valence-corrected chi connectivity index (χ2v) is 6.53. The summed E-state index contributed by atoms with van der Waals surface area (Å²) in [4.78, 5) is 14.3. The Morgan fingerprint density at radius 2 is 1.65 bits per heavy atom. The molecule has 4 nitrogen and oxygen atoms in total. The van der Waals surface area contributed by atoms with Gasteiger partial charge < -0.3 is 15.3 Å². The van der Waals surface area contributed by atoms with Gasteiger partial charge in [0, 0.05) is 26.2 Å². The summed E-state index contributed by atoms with van der Waals surface area (Å²) in [5, 5.41) is 13.6. The first-order valence-corrected chi connectivity index (χ1v) is 6.35. The fraction of sp³-hybridized carbons (Fsp3) is 0.923. The molecule has 0 aliphatic carbocycles. The van der Waals surface area contributed by atoms with Crippen LogP contribution < -0.4 is 5.32 Å². The van der Waals surface area contributed by atoms with Crippen molar-refractivity contribution in [2.45, 2.75) is 40.7 Å². The Hall–Kier alpha value is -0.610. The highest BCUT2D eigenvalue weighted by atomic mass is 16.3. The van der Waals surface area contributed by atoms with Crippen LogP contribution in [-0.2, 0) is 4.79 Å². The van der Waals surface area contributed by atoms with Crippen molar-refractivity contribution < 1.29 is 9.90 Å². The summed E-state index contributed by atoms with van der Waals surface area (Å²) in [5.74, 6) is 0.0569. The Balaban J connectivity index is 2.78. The van der Waals surface area contributed by atoms with Crippen molar-refractivity contribution >= 4 is 5.91 Å². The van der Waals surface area contributed by atoms with Gasteiger partial charge in [0.1, 0.15) is 0 Å². The highest BCUT2D eigenvalue weighted by Gasteiger charge is 2.44. The molecule has 0 aromatic heterocycles. The minimum absolute atomic E-state index is 0.0569. The average molecular weight is 242 g/mol. The van der Waals surface area contributed by atoms with Gasteiger partial charge >= 0.3 is 0 Å². The van der Waals surface area contributed by atoms with E-state index in [-0.39, 0.29) is 11.3 Å². The van der Waals surface area contributed by atoms with Gasteiger partial charge in [-0.3, -0.25) is 4.79 Å². The Morgan fingerprint density at radius 3 is 2.06 bits per heavy atom. The lowest BCUT2D eigenvalue weighted by atomic mass is 9.72. The second-order valence-electron chi connectivity index (χ2n) is 6.53. The van der Waals surface area contributed by atoms with E-state index < -0.39 is 11.5 Å². The lowest BCUT2D eigenvalue weighted by Crippen LogP contribution is -2.55. The molecule has 0 radical (unpaired) electrons. The monoisotopic (exact) mass is 242 g/mol. The van der Waals surface area contributed by atoms with Gasteiger partial charge in [0.15, 0.2) is 0 Å². The molecule has 1 aliphatic rings. The molecule has 0 bridgehead atoms. The van der Waals surface area contributed by atoms with Crippen LogP contribution in [0.1, 0.15) is 34.6 Å². The predicted molar refractivity (Wildman–Crippen MR) is 68.7 cm³/mol. The molecular formula is C13H26N2O2. The first kappa shape index (κ1) is 14.5. The van der Waals surface area contributed by atoms with Crippen LogP contribution >= 0.6 is 0 Å². The molecule has 1 saturated heterocycles. The van der Waals surface area contributed by atoms with Crippen LogP contribution in [0.3, 0.4) is 0 Å². The largest absolute Gasteiger partial charge is 0.391 e. The molecular weight excluding hydrogens is 216 g/mol. The van der Waals surface area contributed by atoms with Gasteiger partial charge in [0.25, 0.3) is 0 Å². The third kappa shape index (κ3) is 3.19. The Bertz CT molecular complexity index is 276. The topological polar surface area (TPSA) is 52.6 Å². The molecule has 1 amide bonds. The summed E-state index contributed by atoms with van der Waals surface area (Å²) in [6.45, 7) is 12.7. The third-order valence-electron chi connectivity index (χ3n) is 3.46. The quantitative estimate of drug-likeness (QED) is 0.755. The highest BCUT2D eigenvalue weighted by molar-refractivity contribution is 5.82. The number of amides is 1. The molecule has 1 unspecified atom stereocenters. The smallest absolute Gasteiger partial charge is 0.230 e. The molecule has 2 N–H and O–H groups in total. The first-order chi connectivity index (χ1) is 7.67. The van der Waals surface area contributed by atoms with E-state index in [9.17, 15) is 9.90 Å². The standard InChI is InChI=1S/C13H26N2O2/c1-12(2,3)10(16)13(4,5)11(17)15-8-6-14-7-9-15/h10,14,16H,6-9H2,1-5H3. The van der Waals surface area contributed by atoms with E-state index in [1.54, 1.807) is 0 Å². The van der Waals surface area contributed by atoms with Crippen molar-refractivity contribution in [1.29, 1.82) is 0 Å². The van der Waals surface area contributed by atoms with Gasteiger partial charge in [-0.15, -0.1) is 0 Å².